The Kier molecular flexibility index (Phi) is 4.55. The van der Waals surface area contributed by atoms with Gasteiger partial charge in [0.15, 0.2) is 11.5 Å². The van der Waals surface area contributed by atoms with Crippen molar-refractivity contribution >= 4 is 11.3 Å². The zero-order valence-electron chi connectivity index (χ0n) is 18.0. The van der Waals surface area contributed by atoms with Crippen LogP contribution in [0, 0.1) is 23.7 Å². The minimum absolute atomic E-state index is 0.317. The molecular weight excluding hydrogens is 406 g/mol. The van der Waals surface area contributed by atoms with Gasteiger partial charge < -0.3 is 9.47 Å². The molecule has 0 radical (unpaired) electrons. The number of rotatable bonds is 4. The van der Waals surface area contributed by atoms with Gasteiger partial charge >= 0.3 is 0 Å². The van der Waals surface area contributed by atoms with E-state index in [1.807, 2.05) is 6.07 Å². The number of aromatic nitrogens is 1. The highest BCUT2D eigenvalue weighted by Gasteiger charge is 2.50. The number of thiazole rings is 1. The second-order valence-corrected chi connectivity index (χ2v) is 11.3. The Morgan fingerprint density at radius 1 is 0.903 bits per heavy atom. The molecule has 1 aromatic heterocycles. The van der Waals surface area contributed by atoms with Crippen molar-refractivity contribution in [2.75, 3.05) is 33.0 Å². The van der Waals surface area contributed by atoms with Gasteiger partial charge in [-0.3, -0.25) is 9.80 Å². The van der Waals surface area contributed by atoms with Crippen LogP contribution in [0.15, 0.2) is 23.6 Å². The van der Waals surface area contributed by atoms with E-state index < -0.39 is 0 Å². The van der Waals surface area contributed by atoms with Crippen LogP contribution in [0.25, 0.3) is 10.6 Å². The molecule has 4 bridgehead atoms. The van der Waals surface area contributed by atoms with E-state index in [9.17, 15) is 0 Å². The van der Waals surface area contributed by atoms with E-state index in [2.05, 4.69) is 27.3 Å². The van der Waals surface area contributed by atoms with Crippen molar-refractivity contribution < 1.29 is 9.47 Å². The Balaban J connectivity index is 0.978. The Labute approximate surface area is 188 Å². The average molecular weight is 438 g/mol. The van der Waals surface area contributed by atoms with Gasteiger partial charge in [0.2, 0.25) is 6.79 Å². The number of fused-ring (bicyclic) bond motifs is 1. The Morgan fingerprint density at radius 2 is 1.65 bits per heavy atom. The summed E-state index contributed by atoms with van der Waals surface area (Å²) < 4.78 is 11.0. The van der Waals surface area contributed by atoms with E-state index in [1.165, 1.54) is 57.6 Å². The van der Waals surface area contributed by atoms with Gasteiger partial charge in [-0.2, -0.15) is 0 Å². The van der Waals surface area contributed by atoms with Crippen molar-refractivity contribution in [2.24, 2.45) is 23.7 Å². The van der Waals surface area contributed by atoms with E-state index in [-0.39, 0.29) is 0 Å². The molecule has 0 amide bonds. The topological polar surface area (TPSA) is 37.8 Å². The van der Waals surface area contributed by atoms with Crippen LogP contribution in [0.2, 0.25) is 0 Å². The maximum atomic E-state index is 5.53. The predicted molar refractivity (Wildman–Crippen MR) is 121 cm³/mol. The summed E-state index contributed by atoms with van der Waals surface area (Å²) in [4.78, 5) is 10.4. The number of hydrogen-bond donors (Lipinski definition) is 0. The first kappa shape index (κ1) is 18.9. The van der Waals surface area contributed by atoms with Gasteiger partial charge in [-0.15, -0.1) is 11.3 Å². The molecule has 5 nitrogen and oxygen atoms in total. The van der Waals surface area contributed by atoms with Crippen molar-refractivity contribution in [1.29, 1.82) is 0 Å². The summed E-state index contributed by atoms with van der Waals surface area (Å²) in [5, 5.41) is 3.30. The van der Waals surface area contributed by atoms with Crippen molar-refractivity contribution in [1.82, 2.24) is 14.8 Å². The van der Waals surface area contributed by atoms with Crippen LogP contribution in [0.5, 0.6) is 11.5 Å². The lowest BCUT2D eigenvalue weighted by atomic mass is 9.54. The van der Waals surface area contributed by atoms with Crippen molar-refractivity contribution in [2.45, 2.75) is 44.7 Å². The highest BCUT2D eigenvalue weighted by molar-refractivity contribution is 7.13. The minimum Gasteiger partial charge on any atom is -0.454 e. The molecule has 31 heavy (non-hydrogen) atoms. The minimum atomic E-state index is 0.317. The van der Waals surface area contributed by atoms with Crippen molar-refractivity contribution in [3.05, 3.63) is 29.3 Å². The van der Waals surface area contributed by atoms with E-state index in [0.717, 1.165) is 58.3 Å². The smallest absolute Gasteiger partial charge is 0.231 e. The van der Waals surface area contributed by atoms with Crippen LogP contribution in [0.3, 0.4) is 0 Å². The average Bonchev–Trinajstić information content (AvgIpc) is 3.43. The summed E-state index contributed by atoms with van der Waals surface area (Å²) in [7, 11) is 0. The summed E-state index contributed by atoms with van der Waals surface area (Å²) in [6.45, 7) is 6.13. The molecule has 0 N–H and O–H groups in total. The van der Waals surface area contributed by atoms with Crippen LogP contribution < -0.4 is 9.47 Å². The summed E-state index contributed by atoms with van der Waals surface area (Å²) >= 11 is 1.73. The summed E-state index contributed by atoms with van der Waals surface area (Å²) in [5.74, 6) is 5.82. The van der Waals surface area contributed by atoms with E-state index in [1.54, 1.807) is 17.8 Å². The molecule has 8 rings (SSSR count). The molecule has 0 spiro atoms. The number of benzene rings is 1. The molecule has 0 atom stereocenters. The zero-order valence-corrected chi connectivity index (χ0v) is 18.9. The second-order valence-electron chi connectivity index (χ2n) is 10.4. The lowest BCUT2D eigenvalue weighted by Gasteiger charge is -2.58. The molecule has 6 aliphatic rings. The highest BCUT2D eigenvalue weighted by atomic mass is 32.1. The maximum Gasteiger partial charge on any atom is 0.231 e. The number of ether oxygens (including phenoxy) is 2. The third-order valence-corrected chi connectivity index (χ3v) is 9.50. The zero-order chi connectivity index (χ0) is 20.4. The molecule has 3 heterocycles. The molecule has 1 aromatic carbocycles. The molecule has 5 fully saturated rings. The fourth-order valence-electron chi connectivity index (χ4n) is 7.48. The molecule has 6 heteroatoms. The SMILES string of the molecule is c1cc2c(cc1-c1nc(CN3CCN(C4C5CC6CC(C5)CC4C6)CC3)cs1)OCO2. The standard InChI is InChI=1S/C25H31N3O2S/c1-2-22-23(30-15-29-22)12-18(1)25-26-21(14-31-25)13-27-3-5-28(6-4-27)24-19-8-16-7-17(10-19)11-20(24)9-16/h1-2,12,14,16-17,19-20,24H,3-11,13,15H2. The largest absolute Gasteiger partial charge is 0.454 e. The molecule has 2 aromatic rings. The van der Waals surface area contributed by atoms with Crippen LogP contribution in [0.1, 0.15) is 37.8 Å². The molecular formula is C25H31N3O2S. The van der Waals surface area contributed by atoms with Gasteiger partial charge in [0.25, 0.3) is 0 Å². The Bertz CT molecular complexity index is 939. The van der Waals surface area contributed by atoms with E-state index in [4.69, 9.17) is 14.5 Å². The Hall–Kier alpha value is -1.63. The lowest BCUT2D eigenvalue weighted by molar-refractivity contribution is -0.0769. The highest BCUT2D eigenvalue weighted by Crippen LogP contribution is 2.55. The molecule has 1 saturated heterocycles. The van der Waals surface area contributed by atoms with Gasteiger partial charge in [-0.05, 0) is 74.0 Å². The second kappa shape index (κ2) is 7.46. The molecule has 2 aliphatic heterocycles. The van der Waals surface area contributed by atoms with Crippen LogP contribution in [-0.4, -0.2) is 53.8 Å². The normalized spacial score (nSPS) is 34.5. The monoisotopic (exact) mass is 437 g/mol. The Morgan fingerprint density at radius 3 is 2.42 bits per heavy atom. The quantitative estimate of drug-likeness (QED) is 0.705. The van der Waals surface area contributed by atoms with Gasteiger partial charge in [0.05, 0.1) is 5.69 Å². The first-order chi connectivity index (χ1) is 15.3. The molecule has 164 valence electrons. The first-order valence-electron chi connectivity index (χ1n) is 12.1. The van der Waals surface area contributed by atoms with Crippen LogP contribution >= 0.6 is 11.3 Å². The number of piperazine rings is 1. The van der Waals surface area contributed by atoms with E-state index in [0.29, 0.717) is 6.79 Å². The fraction of sp³-hybridized carbons (Fsp3) is 0.640. The van der Waals surface area contributed by atoms with Crippen LogP contribution in [0.4, 0.5) is 0 Å². The molecule has 0 unspecified atom stereocenters. The fourth-order valence-corrected chi connectivity index (χ4v) is 8.29. The van der Waals surface area contributed by atoms with Gasteiger partial charge in [-0.1, -0.05) is 0 Å². The van der Waals surface area contributed by atoms with Gasteiger partial charge in [0, 0.05) is 49.7 Å². The molecule has 4 saturated carbocycles. The van der Waals surface area contributed by atoms with Crippen molar-refractivity contribution in [3.63, 3.8) is 0 Å². The lowest BCUT2D eigenvalue weighted by Crippen LogP contribution is -2.60. The first-order valence-corrected chi connectivity index (χ1v) is 13.0. The molecule has 4 aliphatic carbocycles. The summed E-state index contributed by atoms with van der Waals surface area (Å²) in [6.07, 6.45) is 7.66. The van der Waals surface area contributed by atoms with E-state index >= 15 is 0 Å². The van der Waals surface area contributed by atoms with Gasteiger partial charge in [-0.25, -0.2) is 4.98 Å². The maximum absolute atomic E-state index is 5.53. The summed E-state index contributed by atoms with van der Waals surface area (Å²) in [5.41, 5.74) is 2.31. The third kappa shape index (κ3) is 3.38. The van der Waals surface area contributed by atoms with Crippen LogP contribution in [-0.2, 0) is 6.54 Å². The number of hydrogen-bond acceptors (Lipinski definition) is 6. The number of nitrogens with zero attached hydrogens (tertiary/aromatic N) is 3. The predicted octanol–water partition coefficient (Wildman–Crippen LogP) is 4.48. The summed E-state index contributed by atoms with van der Waals surface area (Å²) in [6, 6.07) is 7.02. The van der Waals surface area contributed by atoms with Crippen molar-refractivity contribution in [3.8, 4) is 22.1 Å². The third-order valence-electron chi connectivity index (χ3n) is 8.56. The van der Waals surface area contributed by atoms with Gasteiger partial charge in [0.1, 0.15) is 5.01 Å².